The molecule has 1 fully saturated rings. The van der Waals surface area contributed by atoms with Crippen LogP contribution in [0.3, 0.4) is 0 Å². The van der Waals surface area contributed by atoms with Crippen LogP contribution in [-0.4, -0.2) is 0 Å². The zero-order valence-electron chi connectivity index (χ0n) is 21.3. The van der Waals surface area contributed by atoms with Crippen molar-refractivity contribution in [2.75, 3.05) is 0 Å². The second kappa shape index (κ2) is 11.0. The predicted octanol–water partition coefficient (Wildman–Crippen LogP) is 10.3. The van der Waals surface area contributed by atoms with E-state index in [0.29, 0.717) is 35.9 Å². The van der Waals surface area contributed by atoms with E-state index in [1.54, 1.807) is 6.07 Å². The standard InChI is InChI=1S/C30H24F8OS/c1-2-3-15-4-9-20-25(10-15)40-29(27(20)35)17-7-5-16(6-8-17)18-11-21(31)26(22(32)12-18)30(37,38)39-19-13-23(33)28(36)24(34)14-19/h4,9-14,16-17H,2-3,5-8H2,1H3. The summed E-state index contributed by atoms with van der Waals surface area (Å²) in [5.41, 5.74) is -0.412. The van der Waals surface area contributed by atoms with Crippen molar-refractivity contribution in [1.29, 1.82) is 0 Å². The van der Waals surface area contributed by atoms with Gasteiger partial charge in [-0.25, -0.2) is 26.3 Å². The van der Waals surface area contributed by atoms with Crippen molar-refractivity contribution in [3.63, 3.8) is 0 Å². The quantitative estimate of drug-likeness (QED) is 0.155. The summed E-state index contributed by atoms with van der Waals surface area (Å²) in [5.74, 6) is -10.5. The second-order valence-electron chi connectivity index (χ2n) is 10.1. The summed E-state index contributed by atoms with van der Waals surface area (Å²) in [5, 5.41) is 0.580. The number of ether oxygens (including phenoxy) is 1. The van der Waals surface area contributed by atoms with Gasteiger partial charge in [-0.05, 0) is 73.3 Å². The monoisotopic (exact) mass is 584 g/mol. The van der Waals surface area contributed by atoms with Crippen LogP contribution in [0.25, 0.3) is 10.1 Å². The smallest absolute Gasteiger partial charge is 0.429 e. The summed E-state index contributed by atoms with van der Waals surface area (Å²) in [7, 11) is 0. The minimum atomic E-state index is -4.64. The Kier molecular flexibility index (Phi) is 7.83. The van der Waals surface area contributed by atoms with Gasteiger partial charge in [-0.2, -0.15) is 8.78 Å². The number of hydrogen-bond acceptors (Lipinski definition) is 2. The molecule has 0 bridgehead atoms. The molecule has 1 heterocycles. The highest BCUT2D eigenvalue weighted by Crippen LogP contribution is 2.46. The van der Waals surface area contributed by atoms with Crippen LogP contribution in [-0.2, 0) is 12.5 Å². The third-order valence-corrected chi connectivity index (χ3v) is 8.68. The maximum Gasteiger partial charge on any atom is 0.432 e. The van der Waals surface area contributed by atoms with Crippen molar-refractivity contribution in [3.05, 3.63) is 98.9 Å². The molecule has 0 radical (unpaired) electrons. The second-order valence-corrected chi connectivity index (χ2v) is 11.2. The number of rotatable bonds is 7. The molecule has 4 aromatic rings. The van der Waals surface area contributed by atoms with Crippen LogP contribution < -0.4 is 4.74 Å². The average Bonchev–Trinajstić information content (AvgIpc) is 3.22. The molecule has 0 amide bonds. The Labute approximate surface area is 229 Å². The first-order chi connectivity index (χ1) is 19.0. The van der Waals surface area contributed by atoms with Gasteiger partial charge in [-0.15, -0.1) is 11.3 Å². The van der Waals surface area contributed by atoms with E-state index in [0.717, 1.165) is 35.2 Å². The van der Waals surface area contributed by atoms with E-state index in [9.17, 15) is 30.7 Å². The van der Waals surface area contributed by atoms with E-state index in [-0.39, 0.29) is 35.3 Å². The summed E-state index contributed by atoms with van der Waals surface area (Å²) in [6.07, 6.45) is -0.695. The number of fused-ring (bicyclic) bond motifs is 1. The fourth-order valence-electron chi connectivity index (χ4n) is 5.42. The predicted molar refractivity (Wildman–Crippen MR) is 137 cm³/mol. The van der Waals surface area contributed by atoms with Gasteiger partial charge >= 0.3 is 6.11 Å². The number of hydrogen-bond donors (Lipinski definition) is 0. The minimum absolute atomic E-state index is 0.0634. The van der Waals surface area contributed by atoms with E-state index in [1.165, 1.54) is 11.3 Å². The Morgan fingerprint density at radius 3 is 1.98 bits per heavy atom. The molecule has 0 saturated heterocycles. The topological polar surface area (TPSA) is 9.23 Å². The molecule has 1 saturated carbocycles. The Hall–Kier alpha value is -3.14. The van der Waals surface area contributed by atoms with Gasteiger partial charge in [0.15, 0.2) is 17.5 Å². The van der Waals surface area contributed by atoms with Gasteiger partial charge in [-0.3, -0.25) is 0 Å². The third-order valence-electron chi connectivity index (χ3n) is 7.39. The molecule has 0 unspecified atom stereocenters. The molecule has 10 heteroatoms. The van der Waals surface area contributed by atoms with Crippen LogP contribution in [0.1, 0.15) is 72.4 Å². The maximum atomic E-state index is 15.2. The lowest BCUT2D eigenvalue weighted by Gasteiger charge is -2.29. The van der Waals surface area contributed by atoms with Crippen LogP contribution in [0.4, 0.5) is 35.1 Å². The normalized spacial score (nSPS) is 17.9. The maximum absolute atomic E-state index is 15.2. The molecule has 212 valence electrons. The number of benzene rings is 3. The summed E-state index contributed by atoms with van der Waals surface area (Å²) in [4.78, 5) is 0.653. The molecule has 1 aromatic heterocycles. The molecule has 1 aliphatic carbocycles. The van der Waals surface area contributed by atoms with Crippen molar-refractivity contribution in [1.82, 2.24) is 0 Å². The van der Waals surface area contributed by atoms with Crippen LogP contribution >= 0.6 is 11.3 Å². The van der Waals surface area contributed by atoms with Crippen LogP contribution in [0.2, 0.25) is 0 Å². The molecule has 3 aromatic carbocycles. The summed E-state index contributed by atoms with van der Waals surface area (Å²) in [6.45, 7) is 2.08. The van der Waals surface area contributed by atoms with Crippen LogP contribution in [0.5, 0.6) is 5.75 Å². The van der Waals surface area contributed by atoms with Crippen molar-refractivity contribution in [3.8, 4) is 5.75 Å². The molecule has 0 aliphatic heterocycles. The van der Waals surface area contributed by atoms with Gasteiger partial charge in [0.25, 0.3) is 0 Å². The SMILES string of the molecule is CCCc1ccc2c(F)c(C3CCC(c4cc(F)c(C(F)(F)Oc5cc(F)c(F)c(F)c5)c(F)c4)CC3)sc2c1. The van der Waals surface area contributed by atoms with Gasteiger partial charge in [0, 0.05) is 27.1 Å². The molecule has 1 aliphatic rings. The zero-order chi connectivity index (χ0) is 28.8. The van der Waals surface area contributed by atoms with E-state index in [1.807, 2.05) is 12.1 Å². The summed E-state index contributed by atoms with van der Waals surface area (Å²) < 4.78 is 119. The number of alkyl halides is 2. The highest BCUT2D eigenvalue weighted by Gasteiger charge is 2.42. The summed E-state index contributed by atoms with van der Waals surface area (Å²) >= 11 is 1.42. The Morgan fingerprint density at radius 2 is 1.38 bits per heavy atom. The molecule has 1 nitrogen and oxygen atoms in total. The zero-order valence-corrected chi connectivity index (χ0v) is 22.1. The van der Waals surface area contributed by atoms with Gasteiger partial charge < -0.3 is 4.74 Å². The van der Waals surface area contributed by atoms with Crippen molar-refractivity contribution in [2.45, 2.75) is 63.4 Å². The van der Waals surface area contributed by atoms with E-state index in [4.69, 9.17) is 0 Å². The third kappa shape index (κ3) is 5.42. The van der Waals surface area contributed by atoms with Crippen molar-refractivity contribution >= 4 is 21.4 Å². The fraction of sp³-hybridized carbons (Fsp3) is 0.333. The lowest BCUT2D eigenvalue weighted by molar-refractivity contribution is -0.189. The number of halogens is 8. The van der Waals surface area contributed by atoms with Gasteiger partial charge in [0.1, 0.15) is 28.8 Å². The van der Waals surface area contributed by atoms with E-state index >= 15 is 4.39 Å². The van der Waals surface area contributed by atoms with E-state index < -0.39 is 46.5 Å². The van der Waals surface area contributed by atoms with Gasteiger partial charge in [-0.1, -0.05) is 25.5 Å². The summed E-state index contributed by atoms with van der Waals surface area (Å²) in [6, 6.07) is 7.63. The first kappa shape index (κ1) is 28.4. The Balaban J connectivity index is 1.32. The highest BCUT2D eigenvalue weighted by molar-refractivity contribution is 7.19. The molecule has 0 N–H and O–H groups in total. The van der Waals surface area contributed by atoms with Crippen molar-refractivity contribution in [2.24, 2.45) is 0 Å². The number of thiophene rings is 1. The number of aryl methyl sites for hydroxylation is 1. The van der Waals surface area contributed by atoms with Crippen LogP contribution in [0, 0.1) is 34.9 Å². The lowest BCUT2D eigenvalue weighted by atomic mass is 9.78. The molecule has 5 rings (SSSR count). The largest absolute Gasteiger partial charge is 0.432 e. The average molecular weight is 585 g/mol. The molecular formula is C30H24F8OS. The molecular weight excluding hydrogens is 560 g/mol. The van der Waals surface area contributed by atoms with Crippen LogP contribution in [0.15, 0.2) is 42.5 Å². The van der Waals surface area contributed by atoms with Gasteiger partial charge in [0.05, 0.1) is 0 Å². The first-order valence-electron chi connectivity index (χ1n) is 12.9. The minimum Gasteiger partial charge on any atom is -0.429 e. The lowest BCUT2D eigenvalue weighted by Crippen LogP contribution is -2.26. The molecule has 0 atom stereocenters. The highest BCUT2D eigenvalue weighted by atomic mass is 32.1. The fourth-order valence-corrected chi connectivity index (χ4v) is 6.74. The van der Waals surface area contributed by atoms with E-state index in [2.05, 4.69) is 11.7 Å². The molecule has 40 heavy (non-hydrogen) atoms. The van der Waals surface area contributed by atoms with Crippen molar-refractivity contribution < 1.29 is 39.9 Å². The Morgan fingerprint density at radius 1 is 0.775 bits per heavy atom. The Bertz CT molecular complexity index is 1510. The molecule has 0 spiro atoms. The first-order valence-corrected chi connectivity index (χ1v) is 13.7. The van der Waals surface area contributed by atoms with Gasteiger partial charge in [0.2, 0.25) is 0 Å².